The van der Waals surface area contributed by atoms with Crippen LogP contribution >= 0.6 is 0 Å². The molecule has 0 fully saturated rings. The van der Waals surface area contributed by atoms with Gasteiger partial charge in [-0.15, -0.1) is 0 Å². The van der Waals surface area contributed by atoms with Gasteiger partial charge in [0.2, 0.25) is 0 Å². The van der Waals surface area contributed by atoms with E-state index in [1.807, 2.05) is 0 Å². The van der Waals surface area contributed by atoms with Crippen LogP contribution < -0.4 is 5.19 Å². The summed E-state index contributed by atoms with van der Waals surface area (Å²) in [5, 5.41) is 1.47. The molecule has 0 saturated carbocycles. The van der Waals surface area contributed by atoms with E-state index in [2.05, 4.69) is 110 Å². The zero-order valence-corrected chi connectivity index (χ0v) is 15.8. The topological polar surface area (TPSA) is 0 Å². The van der Waals surface area contributed by atoms with Crippen molar-refractivity contribution in [1.29, 1.82) is 0 Å². The molecule has 0 spiro atoms. The van der Waals surface area contributed by atoms with Crippen molar-refractivity contribution in [2.24, 2.45) is 0 Å². The van der Waals surface area contributed by atoms with E-state index in [1.54, 1.807) is 0 Å². The third-order valence-corrected chi connectivity index (χ3v) is 10.3. The fraction of sp³-hybridized carbons (Fsp3) is 0.0400. The average Bonchev–Trinajstić information content (AvgIpc) is 3.33. The number of hydrogen-bond acceptors (Lipinski definition) is 0. The Hall–Kier alpha value is -2.64. The first-order chi connectivity index (χ1) is 12.8. The molecular formula is C25H20Si. The highest BCUT2D eigenvalue weighted by Crippen LogP contribution is 2.45. The Balaban J connectivity index is 1.72. The molecule has 124 valence electrons. The van der Waals surface area contributed by atoms with E-state index in [4.69, 9.17) is 0 Å². The summed E-state index contributed by atoms with van der Waals surface area (Å²) in [6.45, 7) is 2.51. The van der Waals surface area contributed by atoms with E-state index >= 15 is 0 Å². The zero-order chi connectivity index (χ0) is 17.6. The summed E-state index contributed by atoms with van der Waals surface area (Å²) in [6, 6.07) is 28.7. The molecule has 0 bridgehead atoms. The van der Waals surface area contributed by atoms with Crippen LogP contribution in [-0.4, -0.2) is 8.07 Å². The fourth-order valence-electron chi connectivity index (χ4n) is 4.40. The van der Waals surface area contributed by atoms with Crippen LogP contribution in [0, 0.1) is 11.1 Å². The van der Waals surface area contributed by atoms with Crippen LogP contribution in [0.25, 0.3) is 12.2 Å². The van der Waals surface area contributed by atoms with E-state index in [1.165, 1.54) is 38.5 Å². The van der Waals surface area contributed by atoms with Crippen LogP contribution in [0.15, 0.2) is 91.0 Å². The third kappa shape index (κ3) is 2.20. The molecular weight excluding hydrogens is 328 g/mol. The summed E-state index contributed by atoms with van der Waals surface area (Å²) in [6.07, 6.45) is 9.30. The molecule has 3 aromatic rings. The molecule has 0 atom stereocenters. The van der Waals surface area contributed by atoms with E-state index in [9.17, 15) is 0 Å². The van der Waals surface area contributed by atoms with Crippen molar-refractivity contribution in [2.75, 3.05) is 0 Å². The Morgan fingerprint density at radius 1 is 0.500 bits per heavy atom. The van der Waals surface area contributed by atoms with Crippen LogP contribution in [-0.2, 0) is 0 Å². The van der Waals surface area contributed by atoms with E-state index in [-0.39, 0.29) is 0 Å². The summed E-state index contributed by atoms with van der Waals surface area (Å²) < 4.78 is 0. The Kier molecular flexibility index (Phi) is 3.58. The lowest BCUT2D eigenvalue weighted by atomic mass is 10.1. The molecule has 2 aliphatic carbocycles. The highest BCUT2D eigenvalue weighted by atomic mass is 28.3. The molecule has 2 aliphatic rings. The SMILES string of the molecule is C[Si]([C]1C=Cc2ccccc21)([C]1C=Cc2ccccc21)c1ccccc1. The predicted molar refractivity (Wildman–Crippen MR) is 113 cm³/mol. The smallest absolute Gasteiger partial charge is 0.0747 e. The second-order valence-electron chi connectivity index (χ2n) is 7.16. The monoisotopic (exact) mass is 348 g/mol. The van der Waals surface area contributed by atoms with Gasteiger partial charge in [-0.3, -0.25) is 0 Å². The van der Waals surface area contributed by atoms with Gasteiger partial charge in [-0.05, 0) is 22.3 Å². The number of hydrogen-bond donors (Lipinski definition) is 0. The summed E-state index contributed by atoms with van der Waals surface area (Å²) in [5.74, 6) is 0. The van der Waals surface area contributed by atoms with Gasteiger partial charge in [0.25, 0.3) is 0 Å². The fourth-order valence-corrected chi connectivity index (χ4v) is 8.54. The first-order valence-electron chi connectivity index (χ1n) is 9.14. The zero-order valence-electron chi connectivity index (χ0n) is 14.8. The van der Waals surface area contributed by atoms with Crippen molar-refractivity contribution in [3.8, 4) is 0 Å². The molecule has 0 aliphatic heterocycles. The minimum atomic E-state index is -2.10. The van der Waals surface area contributed by atoms with E-state index < -0.39 is 8.07 Å². The molecule has 2 radical (unpaired) electrons. The van der Waals surface area contributed by atoms with Gasteiger partial charge < -0.3 is 0 Å². The van der Waals surface area contributed by atoms with Gasteiger partial charge in [0.15, 0.2) is 0 Å². The Labute approximate surface area is 156 Å². The molecule has 0 aromatic heterocycles. The third-order valence-electron chi connectivity index (χ3n) is 5.79. The van der Waals surface area contributed by atoms with Gasteiger partial charge >= 0.3 is 0 Å². The van der Waals surface area contributed by atoms with Gasteiger partial charge in [-0.2, -0.15) is 0 Å². The predicted octanol–water partition coefficient (Wildman–Crippen LogP) is 5.35. The first-order valence-corrected chi connectivity index (χ1v) is 11.6. The van der Waals surface area contributed by atoms with Crippen molar-refractivity contribution >= 4 is 25.4 Å². The van der Waals surface area contributed by atoms with Crippen LogP contribution in [0.2, 0.25) is 6.55 Å². The maximum atomic E-state index is 2.51. The maximum absolute atomic E-state index is 2.51. The highest BCUT2D eigenvalue weighted by Gasteiger charge is 2.48. The quantitative estimate of drug-likeness (QED) is 0.560. The molecule has 0 heterocycles. The minimum Gasteiger partial charge on any atom is -0.0747 e. The van der Waals surface area contributed by atoms with Crippen molar-refractivity contribution in [3.63, 3.8) is 0 Å². The lowest BCUT2D eigenvalue weighted by Gasteiger charge is -2.38. The first kappa shape index (κ1) is 15.6. The average molecular weight is 349 g/mol. The largest absolute Gasteiger partial charge is 0.115 e. The molecule has 3 aromatic carbocycles. The van der Waals surface area contributed by atoms with Crippen LogP contribution in [0.1, 0.15) is 22.3 Å². The van der Waals surface area contributed by atoms with Gasteiger partial charge in [0.1, 0.15) is 8.07 Å². The van der Waals surface area contributed by atoms with Gasteiger partial charge in [-0.25, -0.2) is 0 Å². The molecule has 1 heteroatoms. The summed E-state index contributed by atoms with van der Waals surface area (Å²) >= 11 is 0. The summed E-state index contributed by atoms with van der Waals surface area (Å²) in [4.78, 5) is 0. The number of rotatable bonds is 3. The molecule has 0 unspecified atom stereocenters. The number of allylic oxidation sites excluding steroid dienone is 2. The van der Waals surface area contributed by atoms with Gasteiger partial charge in [0, 0.05) is 11.1 Å². The van der Waals surface area contributed by atoms with Gasteiger partial charge in [-0.1, -0.05) is 115 Å². The molecule has 0 nitrogen and oxygen atoms in total. The van der Waals surface area contributed by atoms with E-state index in [0.717, 1.165) is 0 Å². The Bertz CT molecular complexity index is 952. The van der Waals surface area contributed by atoms with Gasteiger partial charge in [0.05, 0.1) is 0 Å². The molecule has 0 amide bonds. The van der Waals surface area contributed by atoms with Crippen molar-refractivity contribution in [2.45, 2.75) is 6.55 Å². The second kappa shape index (κ2) is 5.96. The highest BCUT2D eigenvalue weighted by molar-refractivity contribution is 7.02. The number of fused-ring (bicyclic) bond motifs is 2. The Morgan fingerprint density at radius 2 is 0.962 bits per heavy atom. The normalized spacial score (nSPS) is 16.0. The maximum Gasteiger partial charge on any atom is 0.115 e. The molecule has 5 rings (SSSR count). The lowest BCUT2D eigenvalue weighted by Crippen LogP contribution is -2.55. The van der Waals surface area contributed by atoms with Crippen LogP contribution in [0.4, 0.5) is 0 Å². The van der Waals surface area contributed by atoms with Crippen molar-refractivity contribution in [1.82, 2.24) is 0 Å². The lowest BCUT2D eigenvalue weighted by molar-refractivity contribution is 1.36. The molecule has 26 heavy (non-hydrogen) atoms. The molecule has 0 saturated heterocycles. The Morgan fingerprint density at radius 3 is 1.50 bits per heavy atom. The summed E-state index contributed by atoms with van der Waals surface area (Å²) in [7, 11) is -2.10. The van der Waals surface area contributed by atoms with Crippen molar-refractivity contribution in [3.05, 3.63) is 124 Å². The van der Waals surface area contributed by atoms with Crippen LogP contribution in [0.5, 0.6) is 0 Å². The molecule has 0 N–H and O–H groups in total. The minimum absolute atomic E-state index is 1.34. The van der Waals surface area contributed by atoms with E-state index in [0.29, 0.717) is 0 Å². The van der Waals surface area contributed by atoms with Crippen molar-refractivity contribution < 1.29 is 0 Å². The summed E-state index contributed by atoms with van der Waals surface area (Å²) in [5.41, 5.74) is 8.50. The standard InChI is InChI=1S/C25H20Si/c1-26(21-11-3-2-4-12-21,24-17-15-19-9-5-7-13-22(19)24)25-18-16-20-10-6-8-14-23(20)25/h2-18H,1H3. The second-order valence-corrected chi connectivity index (χ2v) is 11.1. The number of benzene rings is 3. The van der Waals surface area contributed by atoms with Crippen LogP contribution in [0.3, 0.4) is 0 Å².